The molecule has 1 fully saturated rings. The van der Waals surface area contributed by atoms with Crippen molar-refractivity contribution < 1.29 is 9.47 Å². The van der Waals surface area contributed by atoms with E-state index in [-0.39, 0.29) is 0 Å². The molecule has 0 spiro atoms. The molecule has 166 valence electrons. The molecule has 0 aromatic heterocycles. The Bertz CT molecular complexity index is 1090. The Labute approximate surface area is 195 Å². The summed E-state index contributed by atoms with van der Waals surface area (Å²) < 4.78 is 11.3. The molecule has 32 heavy (non-hydrogen) atoms. The quantitative estimate of drug-likeness (QED) is 0.513. The van der Waals surface area contributed by atoms with Crippen LogP contribution in [-0.2, 0) is 13.0 Å². The molecule has 0 unspecified atom stereocenters. The Morgan fingerprint density at radius 1 is 0.938 bits per heavy atom. The highest BCUT2D eigenvalue weighted by molar-refractivity contribution is 6.31. The lowest BCUT2D eigenvalue weighted by Crippen LogP contribution is -2.52. The summed E-state index contributed by atoms with van der Waals surface area (Å²) in [5.41, 5.74) is 5.28. The van der Waals surface area contributed by atoms with Gasteiger partial charge >= 0.3 is 0 Å². The van der Waals surface area contributed by atoms with E-state index in [0.29, 0.717) is 12.0 Å². The van der Waals surface area contributed by atoms with Crippen LogP contribution in [-0.4, -0.2) is 43.8 Å². The molecular weight excluding hydrogens is 420 g/mol. The zero-order valence-electron chi connectivity index (χ0n) is 18.6. The van der Waals surface area contributed by atoms with E-state index >= 15 is 0 Å². The molecule has 1 saturated heterocycles. The van der Waals surface area contributed by atoms with Crippen molar-refractivity contribution in [3.63, 3.8) is 0 Å². The van der Waals surface area contributed by atoms with Gasteiger partial charge in [-0.05, 0) is 46.9 Å². The maximum atomic E-state index is 6.50. The van der Waals surface area contributed by atoms with E-state index in [2.05, 4.69) is 64.4 Å². The smallest absolute Gasteiger partial charge is 0.161 e. The first-order valence-corrected chi connectivity index (χ1v) is 11.5. The monoisotopic (exact) mass is 448 g/mol. The predicted octanol–water partition coefficient (Wildman–Crippen LogP) is 5.51. The first kappa shape index (κ1) is 21.3. The van der Waals surface area contributed by atoms with E-state index in [1.165, 1.54) is 22.3 Å². The molecule has 2 heterocycles. The van der Waals surface area contributed by atoms with Crippen molar-refractivity contribution in [3.05, 3.63) is 94.0 Å². The van der Waals surface area contributed by atoms with Crippen LogP contribution in [0.2, 0.25) is 5.02 Å². The van der Waals surface area contributed by atoms with E-state index in [4.69, 9.17) is 21.1 Å². The van der Waals surface area contributed by atoms with Crippen LogP contribution in [0.25, 0.3) is 0 Å². The number of nitrogens with zero attached hydrogens (tertiary/aromatic N) is 2. The summed E-state index contributed by atoms with van der Waals surface area (Å²) in [7, 11) is 3.42. The van der Waals surface area contributed by atoms with Gasteiger partial charge in [0, 0.05) is 36.6 Å². The average Bonchev–Trinajstić information content (AvgIpc) is 2.84. The van der Waals surface area contributed by atoms with Crippen molar-refractivity contribution in [1.29, 1.82) is 0 Å². The van der Waals surface area contributed by atoms with Crippen LogP contribution >= 0.6 is 11.6 Å². The molecule has 0 saturated carbocycles. The summed E-state index contributed by atoms with van der Waals surface area (Å²) in [5, 5.41) is 0.840. The summed E-state index contributed by atoms with van der Waals surface area (Å²) in [5.74, 6) is 1.97. The largest absolute Gasteiger partial charge is 0.493 e. The van der Waals surface area contributed by atoms with Crippen LogP contribution in [0.15, 0.2) is 66.7 Å². The van der Waals surface area contributed by atoms with Gasteiger partial charge in [-0.3, -0.25) is 9.80 Å². The lowest BCUT2D eigenvalue weighted by molar-refractivity contribution is 0.0107. The van der Waals surface area contributed by atoms with Gasteiger partial charge in [0.25, 0.3) is 0 Å². The summed E-state index contributed by atoms with van der Waals surface area (Å²) in [6, 6.07) is 23.8. The third kappa shape index (κ3) is 3.99. The molecule has 0 amide bonds. The average molecular weight is 449 g/mol. The summed E-state index contributed by atoms with van der Waals surface area (Å²) in [6.45, 7) is 3.78. The maximum absolute atomic E-state index is 6.50. The van der Waals surface area contributed by atoms with Crippen molar-refractivity contribution in [1.82, 2.24) is 9.80 Å². The number of methoxy groups -OCH3 is 2. The van der Waals surface area contributed by atoms with Gasteiger partial charge in [0.15, 0.2) is 11.5 Å². The normalized spacial score (nSPS) is 21.0. The molecule has 2 aliphatic rings. The van der Waals surface area contributed by atoms with E-state index < -0.39 is 0 Å². The van der Waals surface area contributed by atoms with Crippen molar-refractivity contribution in [3.8, 4) is 11.5 Å². The second kappa shape index (κ2) is 9.14. The van der Waals surface area contributed by atoms with Gasteiger partial charge in [0.05, 0.1) is 20.9 Å². The van der Waals surface area contributed by atoms with Crippen molar-refractivity contribution in [2.45, 2.75) is 24.9 Å². The molecule has 0 bridgehead atoms. The minimum atomic E-state index is 0.309. The number of ether oxygens (including phenoxy) is 2. The number of fused-ring (bicyclic) bond motifs is 3. The lowest BCUT2D eigenvalue weighted by Gasteiger charge is -2.49. The second-order valence-electron chi connectivity index (χ2n) is 8.67. The Hall–Kier alpha value is -2.53. The molecule has 4 nitrogen and oxygen atoms in total. The van der Waals surface area contributed by atoms with Gasteiger partial charge in [-0.1, -0.05) is 60.1 Å². The molecule has 0 radical (unpaired) electrons. The topological polar surface area (TPSA) is 24.9 Å². The van der Waals surface area contributed by atoms with Crippen LogP contribution in [0, 0.1) is 0 Å². The lowest BCUT2D eigenvalue weighted by atomic mass is 9.79. The van der Waals surface area contributed by atoms with Crippen LogP contribution in [0.5, 0.6) is 11.5 Å². The fourth-order valence-electron chi connectivity index (χ4n) is 5.32. The summed E-state index contributed by atoms with van der Waals surface area (Å²) in [4.78, 5) is 5.15. The van der Waals surface area contributed by atoms with E-state index in [9.17, 15) is 0 Å². The minimum Gasteiger partial charge on any atom is -0.493 e. The SMILES string of the molecule is COc1cc2c(cc1OC)[C@@H]1[C@H](c3ccccc3)CN(Cc3ccccc3Cl)CN1CC2. The predicted molar refractivity (Wildman–Crippen MR) is 129 cm³/mol. The van der Waals surface area contributed by atoms with Crippen LogP contribution in [0.3, 0.4) is 0 Å². The van der Waals surface area contributed by atoms with E-state index in [1.54, 1.807) is 14.2 Å². The molecule has 2 atom stereocenters. The molecular formula is C27H29ClN2O2. The molecule has 3 aromatic carbocycles. The number of hydrogen-bond donors (Lipinski definition) is 0. The highest BCUT2D eigenvalue weighted by atomic mass is 35.5. The molecule has 5 heteroatoms. The highest BCUT2D eigenvalue weighted by Gasteiger charge is 2.40. The zero-order chi connectivity index (χ0) is 22.1. The Morgan fingerprint density at radius 2 is 1.66 bits per heavy atom. The Morgan fingerprint density at radius 3 is 2.41 bits per heavy atom. The second-order valence-corrected chi connectivity index (χ2v) is 9.08. The van der Waals surface area contributed by atoms with E-state index in [1.807, 2.05) is 12.1 Å². The molecule has 3 aromatic rings. The number of rotatable bonds is 5. The first-order valence-electron chi connectivity index (χ1n) is 11.2. The summed E-state index contributed by atoms with van der Waals surface area (Å²) >= 11 is 6.50. The minimum absolute atomic E-state index is 0.309. The van der Waals surface area contributed by atoms with Gasteiger partial charge in [-0.2, -0.15) is 0 Å². The number of benzene rings is 3. The van der Waals surface area contributed by atoms with Crippen molar-refractivity contribution in [2.75, 3.05) is 34.0 Å². The molecule has 0 aliphatic carbocycles. The van der Waals surface area contributed by atoms with Gasteiger partial charge in [-0.15, -0.1) is 0 Å². The highest BCUT2D eigenvalue weighted by Crippen LogP contribution is 2.46. The first-order chi connectivity index (χ1) is 15.7. The van der Waals surface area contributed by atoms with Gasteiger partial charge in [0.2, 0.25) is 0 Å². The van der Waals surface area contributed by atoms with Crippen LogP contribution in [0.1, 0.15) is 34.2 Å². The maximum Gasteiger partial charge on any atom is 0.161 e. The van der Waals surface area contributed by atoms with Crippen LogP contribution < -0.4 is 9.47 Å². The standard InChI is InChI=1S/C27H29ClN2O2/c1-31-25-14-20-12-13-30-18-29(16-21-10-6-7-11-24(21)28)17-23(19-8-4-3-5-9-19)27(30)22(20)15-26(25)32-2/h3-11,14-15,23,27H,12-13,16-18H2,1-2H3/t23-,27+/m0/s1. The van der Waals surface area contributed by atoms with E-state index in [0.717, 1.165) is 49.2 Å². The zero-order valence-corrected chi connectivity index (χ0v) is 19.4. The fraction of sp³-hybridized carbons (Fsp3) is 0.333. The van der Waals surface area contributed by atoms with Gasteiger partial charge in [-0.25, -0.2) is 0 Å². The number of halogens is 1. The van der Waals surface area contributed by atoms with Crippen molar-refractivity contribution in [2.24, 2.45) is 0 Å². The van der Waals surface area contributed by atoms with Crippen LogP contribution in [0.4, 0.5) is 0 Å². The third-order valence-electron chi connectivity index (χ3n) is 6.82. The van der Waals surface area contributed by atoms with Crippen molar-refractivity contribution >= 4 is 11.6 Å². The molecule has 5 rings (SSSR count). The van der Waals surface area contributed by atoms with Gasteiger partial charge in [0.1, 0.15) is 0 Å². The molecule has 0 N–H and O–H groups in total. The Balaban J connectivity index is 1.53. The number of hydrogen-bond acceptors (Lipinski definition) is 4. The molecule has 2 aliphatic heterocycles. The third-order valence-corrected chi connectivity index (χ3v) is 7.19. The van der Waals surface area contributed by atoms with Gasteiger partial charge < -0.3 is 9.47 Å². The Kier molecular flexibility index (Phi) is 6.09. The summed E-state index contributed by atoms with van der Waals surface area (Å²) in [6.07, 6.45) is 1.01. The fourth-order valence-corrected chi connectivity index (χ4v) is 5.52.